The van der Waals surface area contributed by atoms with E-state index in [0.717, 1.165) is 55.0 Å². The normalized spacial score (nSPS) is 11.8. The fourth-order valence-electron chi connectivity index (χ4n) is 3.34. The number of rotatable bonds is 11. The summed E-state index contributed by atoms with van der Waals surface area (Å²) in [6, 6.07) is 4.67. The van der Waals surface area contributed by atoms with E-state index < -0.39 is 10.0 Å². The van der Waals surface area contributed by atoms with Crippen molar-refractivity contribution in [3.63, 3.8) is 0 Å². The number of benzene rings is 1. The van der Waals surface area contributed by atoms with Gasteiger partial charge in [0.1, 0.15) is 10.8 Å². The molecule has 2 aromatic heterocycles. The van der Waals surface area contributed by atoms with Gasteiger partial charge in [-0.2, -0.15) is 0 Å². The van der Waals surface area contributed by atoms with Gasteiger partial charge in [-0.3, -0.25) is 4.79 Å². The minimum atomic E-state index is -3.80. The number of nitrogens with one attached hydrogen (secondary N) is 1. The van der Waals surface area contributed by atoms with Gasteiger partial charge in [0.05, 0.1) is 15.9 Å². The lowest BCUT2D eigenvalue weighted by molar-refractivity contribution is -0.116. The standard InChI is InChI=1S/C20H28N6O3S2/c1-3-5-6-7-19-24-25-20(30-19)23-18(27)11-10-17-22-15-13-14(31(21,28)29)8-9-16(15)26(17)12-4-2/h8-9,13H,3-7,10-12H2,1-2H3,(H2,21,28,29)(H,23,25,27). The fraction of sp³-hybridized carbons (Fsp3) is 0.500. The second kappa shape index (κ2) is 10.3. The lowest BCUT2D eigenvalue weighted by Crippen LogP contribution is -2.14. The van der Waals surface area contributed by atoms with E-state index in [9.17, 15) is 13.2 Å². The molecule has 3 N–H and O–H groups in total. The third-order valence-electron chi connectivity index (χ3n) is 4.86. The Morgan fingerprint density at radius 1 is 1.16 bits per heavy atom. The van der Waals surface area contributed by atoms with E-state index in [-0.39, 0.29) is 17.2 Å². The number of unbranched alkanes of at least 4 members (excludes halogenated alkanes) is 2. The third-order valence-corrected chi connectivity index (χ3v) is 6.67. The number of carbonyl (C=O) groups is 1. The molecule has 0 aliphatic rings. The number of amides is 1. The Bertz CT molecular complexity index is 1150. The van der Waals surface area contributed by atoms with Gasteiger partial charge >= 0.3 is 0 Å². The van der Waals surface area contributed by atoms with Crippen LogP contribution in [0.1, 0.15) is 56.8 Å². The number of primary sulfonamides is 1. The van der Waals surface area contributed by atoms with Crippen LogP contribution in [0, 0.1) is 0 Å². The van der Waals surface area contributed by atoms with Gasteiger partial charge in [0, 0.05) is 25.8 Å². The fourth-order valence-corrected chi connectivity index (χ4v) is 4.67. The largest absolute Gasteiger partial charge is 0.328 e. The van der Waals surface area contributed by atoms with E-state index in [4.69, 9.17) is 5.14 Å². The number of anilines is 1. The molecule has 31 heavy (non-hydrogen) atoms. The summed E-state index contributed by atoms with van der Waals surface area (Å²) in [5, 5.41) is 17.7. The summed E-state index contributed by atoms with van der Waals surface area (Å²) in [6.45, 7) is 4.92. The number of carbonyl (C=O) groups excluding carboxylic acids is 1. The molecule has 168 valence electrons. The number of nitrogens with two attached hydrogens (primary N) is 1. The quantitative estimate of drug-likeness (QED) is 0.419. The van der Waals surface area contributed by atoms with E-state index in [1.165, 1.54) is 23.5 Å². The van der Waals surface area contributed by atoms with Gasteiger partial charge < -0.3 is 9.88 Å². The van der Waals surface area contributed by atoms with Crippen LogP contribution in [-0.2, 0) is 34.2 Å². The third kappa shape index (κ3) is 6.08. The van der Waals surface area contributed by atoms with E-state index in [0.29, 0.717) is 17.1 Å². The maximum Gasteiger partial charge on any atom is 0.238 e. The summed E-state index contributed by atoms with van der Waals surface area (Å²) in [7, 11) is -3.80. The molecule has 0 spiro atoms. The van der Waals surface area contributed by atoms with Crippen LogP contribution in [0.5, 0.6) is 0 Å². The van der Waals surface area contributed by atoms with Gasteiger partial charge in [0.25, 0.3) is 0 Å². The van der Waals surface area contributed by atoms with Gasteiger partial charge in [-0.1, -0.05) is 38.0 Å². The SMILES string of the molecule is CCCCCc1nnc(NC(=O)CCc2nc3cc(S(N)(=O)=O)ccc3n2CCC)s1. The summed E-state index contributed by atoms with van der Waals surface area (Å²) in [5.41, 5.74) is 1.38. The monoisotopic (exact) mass is 464 g/mol. The number of imidazole rings is 1. The van der Waals surface area contributed by atoms with Crippen molar-refractivity contribution in [2.24, 2.45) is 5.14 Å². The Morgan fingerprint density at radius 3 is 2.68 bits per heavy atom. The lowest BCUT2D eigenvalue weighted by atomic mass is 10.2. The first-order valence-corrected chi connectivity index (χ1v) is 12.8. The average Bonchev–Trinajstić information content (AvgIpc) is 3.30. The first-order chi connectivity index (χ1) is 14.8. The Morgan fingerprint density at radius 2 is 1.97 bits per heavy atom. The molecule has 0 unspecified atom stereocenters. The molecule has 1 amide bonds. The van der Waals surface area contributed by atoms with Gasteiger partial charge in [0.2, 0.25) is 21.1 Å². The number of aromatic nitrogens is 4. The molecule has 0 radical (unpaired) electrons. The van der Waals surface area contributed by atoms with E-state index >= 15 is 0 Å². The molecule has 0 atom stereocenters. The van der Waals surface area contributed by atoms with Crippen LogP contribution in [0.25, 0.3) is 11.0 Å². The average molecular weight is 465 g/mol. The summed E-state index contributed by atoms with van der Waals surface area (Å²) in [5.74, 6) is 0.577. The van der Waals surface area contributed by atoms with Crippen molar-refractivity contribution in [3.8, 4) is 0 Å². The number of hydrogen-bond acceptors (Lipinski definition) is 7. The molecule has 11 heteroatoms. The highest BCUT2D eigenvalue weighted by atomic mass is 32.2. The van der Waals surface area contributed by atoms with Crippen molar-refractivity contribution in [1.82, 2.24) is 19.7 Å². The van der Waals surface area contributed by atoms with Gasteiger partial charge in [-0.05, 0) is 31.0 Å². The molecular weight excluding hydrogens is 436 g/mol. The Labute approximate surface area is 186 Å². The maximum absolute atomic E-state index is 12.4. The molecule has 1 aromatic carbocycles. The van der Waals surface area contributed by atoms with Crippen LogP contribution in [-0.4, -0.2) is 34.1 Å². The van der Waals surface area contributed by atoms with Crippen LogP contribution >= 0.6 is 11.3 Å². The smallest absolute Gasteiger partial charge is 0.238 e. The molecule has 3 aromatic rings. The Kier molecular flexibility index (Phi) is 7.74. The number of hydrogen-bond donors (Lipinski definition) is 2. The van der Waals surface area contributed by atoms with Crippen LogP contribution in [0.2, 0.25) is 0 Å². The van der Waals surface area contributed by atoms with Crippen molar-refractivity contribution in [2.75, 3.05) is 5.32 Å². The van der Waals surface area contributed by atoms with Crippen molar-refractivity contribution >= 4 is 43.4 Å². The van der Waals surface area contributed by atoms with E-state index in [2.05, 4.69) is 34.3 Å². The van der Waals surface area contributed by atoms with Gasteiger partial charge in [-0.25, -0.2) is 18.5 Å². The first kappa shape index (κ1) is 23.3. The number of nitrogens with zero attached hydrogens (tertiary/aromatic N) is 4. The van der Waals surface area contributed by atoms with Gasteiger partial charge in [-0.15, -0.1) is 10.2 Å². The predicted octanol–water partition coefficient (Wildman–Crippen LogP) is 3.25. The highest BCUT2D eigenvalue weighted by molar-refractivity contribution is 7.89. The molecule has 0 aliphatic carbocycles. The summed E-state index contributed by atoms with van der Waals surface area (Å²) < 4.78 is 25.3. The molecule has 0 saturated heterocycles. The lowest BCUT2D eigenvalue weighted by Gasteiger charge is -2.07. The maximum atomic E-state index is 12.4. The molecule has 0 aliphatic heterocycles. The topological polar surface area (TPSA) is 133 Å². The molecule has 2 heterocycles. The van der Waals surface area contributed by atoms with Gasteiger partial charge in [0.15, 0.2) is 0 Å². The minimum Gasteiger partial charge on any atom is -0.328 e. The van der Waals surface area contributed by atoms with E-state index in [1.807, 2.05) is 4.57 Å². The summed E-state index contributed by atoms with van der Waals surface area (Å²) >= 11 is 1.41. The number of fused-ring (bicyclic) bond motifs is 1. The molecule has 0 fully saturated rings. The van der Waals surface area contributed by atoms with Crippen molar-refractivity contribution in [1.29, 1.82) is 0 Å². The van der Waals surface area contributed by atoms with Crippen LogP contribution in [0.3, 0.4) is 0 Å². The molecular formula is C20H28N6O3S2. The predicted molar refractivity (Wildman–Crippen MR) is 121 cm³/mol. The summed E-state index contributed by atoms with van der Waals surface area (Å²) in [4.78, 5) is 17.0. The molecule has 0 saturated carbocycles. The molecule has 3 rings (SSSR count). The first-order valence-electron chi connectivity index (χ1n) is 10.5. The van der Waals surface area contributed by atoms with Crippen molar-refractivity contribution < 1.29 is 13.2 Å². The van der Waals surface area contributed by atoms with E-state index in [1.54, 1.807) is 6.07 Å². The number of sulfonamides is 1. The highest BCUT2D eigenvalue weighted by Gasteiger charge is 2.16. The van der Waals surface area contributed by atoms with Crippen molar-refractivity contribution in [3.05, 3.63) is 29.0 Å². The molecule has 0 bridgehead atoms. The summed E-state index contributed by atoms with van der Waals surface area (Å²) in [6.07, 6.45) is 5.79. The molecule has 9 nitrogen and oxygen atoms in total. The van der Waals surface area contributed by atoms with Crippen molar-refractivity contribution in [2.45, 2.75) is 70.2 Å². The zero-order chi connectivity index (χ0) is 22.4. The Balaban J connectivity index is 1.68. The van der Waals surface area contributed by atoms with Crippen LogP contribution < -0.4 is 10.5 Å². The second-order valence-corrected chi connectivity index (χ2v) is 10.0. The second-order valence-electron chi connectivity index (χ2n) is 7.38. The zero-order valence-corrected chi connectivity index (χ0v) is 19.4. The highest BCUT2D eigenvalue weighted by Crippen LogP contribution is 2.22. The van der Waals surface area contributed by atoms with Crippen LogP contribution in [0.15, 0.2) is 23.1 Å². The van der Waals surface area contributed by atoms with Crippen LogP contribution in [0.4, 0.5) is 5.13 Å². The minimum absolute atomic E-state index is 0.0245. The Hall–Kier alpha value is -2.37. The number of aryl methyl sites for hydroxylation is 3. The zero-order valence-electron chi connectivity index (χ0n) is 17.8.